The summed E-state index contributed by atoms with van der Waals surface area (Å²) in [4.78, 5) is 15.6. The summed E-state index contributed by atoms with van der Waals surface area (Å²) in [5.74, 6) is 0. The molecule has 0 amide bonds. The van der Waals surface area contributed by atoms with Crippen LogP contribution in [0.25, 0.3) is 0 Å². The molecule has 6 nitrogen and oxygen atoms in total. The number of rotatable bonds is 5. The topological polar surface area (TPSA) is 19.4 Å². The van der Waals surface area contributed by atoms with E-state index < -0.39 is 0 Å². The summed E-state index contributed by atoms with van der Waals surface area (Å²) in [5.41, 5.74) is 0. The summed E-state index contributed by atoms with van der Waals surface area (Å²) in [7, 11) is 9.15. The van der Waals surface area contributed by atoms with Crippen LogP contribution in [0.2, 0.25) is 0 Å². The van der Waals surface area contributed by atoms with Crippen LogP contribution in [-0.2, 0) is 0 Å². The molecule has 3 saturated heterocycles. The van der Waals surface area contributed by atoms with Crippen molar-refractivity contribution in [1.29, 1.82) is 0 Å². The van der Waals surface area contributed by atoms with E-state index >= 15 is 0 Å². The normalized spacial score (nSPS) is 35.2. The zero-order valence-electron chi connectivity index (χ0n) is 17.9. The van der Waals surface area contributed by atoms with E-state index in [9.17, 15) is 0 Å². The number of likely N-dealkylation sites (N-methyl/N-ethyl adjacent to an activating group) is 4. The Morgan fingerprint density at radius 3 is 2.12 bits per heavy atom. The van der Waals surface area contributed by atoms with Gasteiger partial charge in [-0.15, -0.1) is 0 Å². The molecule has 3 atom stereocenters. The Balaban J connectivity index is 1.46. The fourth-order valence-corrected chi connectivity index (χ4v) is 4.87. The summed E-state index contributed by atoms with van der Waals surface area (Å²) in [6, 6.07) is 2.09. The van der Waals surface area contributed by atoms with Gasteiger partial charge in [0.1, 0.15) is 0 Å². The van der Waals surface area contributed by atoms with Gasteiger partial charge in [-0.2, -0.15) is 0 Å². The Kier molecular flexibility index (Phi) is 7.33. The highest BCUT2D eigenvalue weighted by atomic mass is 15.3. The van der Waals surface area contributed by atoms with E-state index in [1.165, 1.54) is 78.4 Å². The first-order chi connectivity index (χ1) is 12.4. The van der Waals surface area contributed by atoms with Crippen molar-refractivity contribution < 1.29 is 0 Å². The van der Waals surface area contributed by atoms with E-state index in [2.05, 4.69) is 64.5 Å². The Bertz CT molecular complexity index is 433. The molecule has 3 aliphatic rings. The number of nitrogens with zero attached hydrogens (tertiary/aromatic N) is 6. The molecule has 3 fully saturated rings. The van der Waals surface area contributed by atoms with Gasteiger partial charge in [0.05, 0.1) is 0 Å². The molecule has 0 aromatic carbocycles. The lowest BCUT2D eigenvalue weighted by Crippen LogP contribution is -2.59. The highest BCUT2D eigenvalue weighted by Crippen LogP contribution is 2.16. The Morgan fingerprint density at radius 2 is 1.35 bits per heavy atom. The maximum Gasteiger partial charge on any atom is 0.0348 e. The van der Waals surface area contributed by atoms with Gasteiger partial charge in [0.25, 0.3) is 0 Å². The number of hydrogen-bond donors (Lipinski definition) is 0. The van der Waals surface area contributed by atoms with Gasteiger partial charge in [-0.05, 0) is 48.1 Å². The second kappa shape index (κ2) is 9.30. The molecular formula is C20H42N6. The minimum Gasteiger partial charge on any atom is -0.304 e. The summed E-state index contributed by atoms with van der Waals surface area (Å²) < 4.78 is 0. The summed E-state index contributed by atoms with van der Waals surface area (Å²) in [6.07, 6.45) is 1.31. The van der Waals surface area contributed by atoms with Crippen molar-refractivity contribution in [3.63, 3.8) is 0 Å². The highest BCUT2D eigenvalue weighted by Gasteiger charge is 2.30. The largest absolute Gasteiger partial charge is 0.304 e. The van der Waals surface area contributed by atoms with Crippen molar-refractivity contribution in [2.24, 2.45) is 0 Å². The summed E-state index contributed by atoms with van der Waals surface area (Å²) >= 11 is 0. The van der Waals surface area contributed by atoms with Crippen LogP contribution in [0.5, 0.6) is 0 Å². The zero-order valence-corrected chi connectivity index (χ0v) is 17.9. The van der Waals surface area contributed by atoms with Crippen LogP contribution in [0.1, 0.15) is 13.3 Å². The van der Waals surface area contributed by atoms with Crippen LogP contribution in [0, 0.1) is 0 Å². The lowest BCUT2D eigenvalue weighted by Gasteiger charge is -2.45. The molecule has 152 valence electrons. The van der Waals surface area contributed by atoms with Crippen LogP contribution < -0.4 is 0 Å². The Labute approximate surface area is 161 Å². The van der Waals surface area contributed by atoms with Crippen molar-refractivity contribution in [3.05, 3.63) is 0 Å². The molecule has 0 spiro atoms. The quantitative estimate of drug-likeness (QED) is 0.671. The molecule has 3 heterocycles. The van der Waals surface area contributed by atoms with Crippen molar-refractivity contribution in [2.75, 3.05) is 100 Å². The third-order valence-electron chi connectivity index (χ3n) is 7.03. The van der Waals surface area contributed by atoms with Crippen LogP contribution in [0.3, 0.4) is 0 Å². The first-order valence-electron chi connectivity index (χ1n) is 10.7. The molecule has 0 radical (unpaired) electrons. The van der Waals surface area contributed by atoms with Crippen molar-refractivity contribution in [1.82, 2.24) is 29.4 Å². The number of hydrogen-bond acceptors (Lipinski definition) is 6. The fourth-order valence-electron chi connectivity index (χ4n) is 4.87. The number of piperazine rings is 3. The third kappa shape index (κ3) is 5.40. The predicted molar refractivity (Wildman–Crippen MR) is 110 cm³/mol. The van der Waals surface area contributed by atoms with Gasteiger partial charge in [-0.3, -0.25) is 9.80 Å². The molecule has 0 aromatic rings. The van der Waals surface area contributed by atoms with E-state index in [0.29, 0.717) is 12.1 Å². The maximum absolute atomic E-state index is 2.73. The lowest BCUT2D eigenvalue weighted by atomic mass is 10.1. The molecule has 26 heavy (non-hydrogen) atoms. The second-order valence-electron chi connectivity index (χ2n) is 9.23. The van der Waals surface area contributed by atoms with Crippen LogP contribution in [0.15, 0.2) is 0 Å². The zero-order chi connectivity index (χ0) is 18.7. The van der Waals surface area contributed by atoms with E-state index in [-0.39, 0.29) is 0 Å². The minimum atomic E-state index is 0.682. The molecule has 0 unspecified atom stereocenters. The third-order valence-corrected chi connectivity index (χ3v) is 7.03. The first kappa shape index (κ1) is 20.5. The monoisotopic (exact) mass is 366 g/mol. The second-order valence-corrected chi connectivity index (χ2v) is 9.23. The van der Waals surface area contributed by atoms with E-state index in [1.54, 1.807) is 0 Å². The molecule has 0 aliphatic carbocycles. The molecule has 0 saturated carbocycles. The van der Waals surface area contributed by atoms with Gasteiger partial charge in [0.15, 0.2) is 0 Å². The molecule has 0 aromatic heterocycles. The van der Waals surface area contributed by atoms with Gasteiger partial charge in [0, 0.05) is 83.6 Å². The standard InChI is InChI=1S/C20H42N6/c1-18-14-21(2)9-13-26(18)17-20-16-25(12-11-24(20)5)7-6-19-15-22(3)8-10-23(19)4/h18-20H,6-17H2,1-5H3/t18-,19+,20+/m1/s1. The lowest BCUT2D eigenvalue weighted by molar-refractivity contribution is 0.0288. The minimum absolute atomic E-state index is 0.682. The molecule has 3 aliphatic heterocycles. The smallest absolute Gasteiger partial charge is 0.0348 e. The molecule has 0 bridgehead atoms. The van der Waals surface area contributed by atoms with Gasteiger partial charge in [-0.25, -0.2) is 0 Å². The first-order valence-corrected chi connectivity index (χ1v) is 10.7. The summed E-state index contributed by atoms with van der Waals surface area (Å²) in [6.45, 7) is 15.9. The average molecular weight is 367 g/mol. The van der Waals surface area contributed by atoms with Crippen LogP contribution in [0.4, 0.5) is 0 Å². The Morgan fingerprint density at radius 1 is 0.692 bits per heavy atom. The van der Waals surface area contributed by atoms with Gasteiger partial charge >= 0.3 is 0 Å². The van der Waals surface area contributed by atoms with Crippen LogP contribution >= 0.6 is 0 Å². The van der Waals surface area contributed by atoms with Crippen molar-refractivity contribution >= 4 is 0 Å². The molecule has 6 heteroatoms. The molecular weight excluding hydrogens is 324 g/mol. The van der Waals surface area contributed by atoms with E-state index in [0.717, 1.165) is 6.04 Å². The predicted octanol–water partition coefficient (Wildman–Crippen LogP) is -0.126. The van der Waals surface area contributed by atoms with Crippen molar-refractivity contribution in [3.8, 4) is 0 Å². The SMILES string of the molecule is C[C@@H]1CN(C)CCN1C[C@@H]1CN(CC[C@H]2CN(C)CCN2C)CCN1C. The molecule has 0 N–H and O–H groups in total. The maximum atomic E-state index is 2.73. The van der Waals surface area contributed by atoms with Gasteiger partial charge in [-0.1, -0.05) is 0 Å². The highest BCUT2D eigenvalue weighted by molar-refractivity contribution is 4.88. The van der Waals surface area contributed by atoms with E-state index in [4.69, 9.17) is 0 Å². The van der Waals surface area contributed by atoms with Gasteiger partial charge in [0.2, 0.25) is 0 Å². The summed E-state index contributed by atoms with van der Waals surface area (Å²) in [5, 5.41) is 0. The van der Waals surface area contributed by atoms with Crippen molar-refractivity contribution in [2.45, 2.75) is 31.5 Å². The molecule has 3 rings (SSSR count). The Hall–Kier alpha value is -0.240. The van der Waals surface area contributed by atoms with Gasteiger partial charge < -0.3 is 19.6 Å². The average Bonchev–Trinajstić information content (AvgIpc) is 2.60. The fraction of sp³-hybridized carbons (Fsp3) is 1.00. The van der Waals surface area contributed by atoms with Crippen LogP contribution in [-0.4, -0.2) is 148 Å². The van der Waals surface area contributed by atoms with E-state index in [1.807, 2.05) is 0 Å².